The van der Waals surface area contributed by atoms with Gasteiger partial charge in [-0.15, -0.1) is 0 Å². The number of hydrogen-bond acceptors (Lipinski definition) is 4. The largest absolute Gasteiger partial charge is 0.480 e. The smallest absolute Gasteiger partial charge is 0.323 e. The van der Waals surface area contributed by atoms with Crippen molar-refractivity contribution in [2.45, 2.75) is 29.5 Å². The molecule has 1 N–H and O–H groups in total. The molecule has 28 heavy (non-hydrogen) atoms. The molecule has 0 saturated carbocycles. The van der Waals surface area contributed by atoms with E-state index in [2.05, 4.69) is 0 Å². The van der Waals surface area contributed by atoms with Crippen molar-refractivity contribution in [3.63, 3.8) is 0 Å². The molecule has 150 valence electrons. The maximum atomic E-state index is 13.4. The van der Waals surface area contributed by atoms with Gasteiger partial charge in [0.15, 0.2) is 0 Å². The number of halogens is 2. The summed E-state index contributed by atoms with van der Waals surface area (Å²) in [5.74, 6) is -2.18. The van der Waals surface area contributed by atoms with Gasteiger partial charge in [0.2, 0.25) is 10.0 Å². The van der Waals surface area contributed by atoms with Gasteiger partial charge < -0.3 is 5.11 Å². The van der Waals surface area contributed by atoms with Crippen LogP contribution in [0.25, 0.3) is 11.1 Å². The van der Waals surface area contributed by atoms with Gasteiger partial charge in [0, 0.05) is 23.1 Å². The summed E-state index contributed by atoms with van der Waals surface area (Å²) in [6.07, 6.45) is 0. The van der Waals surface area contributed by atoms with Crippen LogP contribution in [0.5, 0.6) is 0 Å². The number of nitrogens with zero attached hydrogens (tertiary/aromatic N) is 1. The lowest BCUT2D eigenvalue weighted by Crippen LogP contribution is -2.58. The SMILES string of the molecule is CC1(C)SCCN(S(=O)(=O)c2ccc(-c3cc(F)cc(F)c3)cc2)C1C(=O)O. The van der Waals surface area contributed by atoms with Crippen molar-refractivity contribution in [2.75, 3.05) is 12.3 Å². The molecule has 5 nitrogen and oxygen atoms in total. The van der Waals surface area contributed by atoms with Crippen LogP contribution in [0.3, 0.4) is 0 Å². The lowest BCUT2D eigenvalue weighted by Gasteiger charge is -2.42. The number of carboxylic acids is 1. The van der Waals surface area contributed by atoms with Crippen LogP contribution < -0.4 is 0 Å². The first-order valence-electron chi connectivity index (χ1n) is 8.47. The van der Waals surface area contributed by atoms with Crippen LogP contribution in [-0.4, -0.2) is 46.9 Å². The van der Waals surface area contributed by atoms with E-state index in [9.17, 15) is 27.1 Å². The third-order valence-electron chi connectivity index (χ3n) is 4.62. The second-order valence-corrected chi connectivity index (χ2v) is 10.6. The van der Waals surface area contributed by atoms with E-state index in [-0.39, 0.29) is 17.0 Å². The van der Waals surface area contributed by atoms with Crippen molar-refractivity contribution in [2.24, 2.45) is 0 Å². The Morgan fingerprint density at radius 3 is 2.21 bits per heavy atom. The zero-order valence-corrected chi connectivity index (χ0v) is 16.9. The van der Waals surface area contributed by atoms with Crippen molar-refractivity contribution < 1.29 is 27.1 Å². The van der Waals surface area contributed by atoms with Crippen LogP contribution in [0.4, 0.5) is 8.78 Å². The molecular formula is C19H19F2NO4S2. The van der Waals surface area contributed by atoms with E-state index in [0.717, 1.165) is 22.5 Å². The lowest BCUT2D eigenvalue weighted by atomic mass is 10.0. The number of hydrogen-bond donors (Lipinski definition) is 1. The molecule has 2 aromatic rings. The quantitative estimate of drug-likeness (QED) is 0.807. The molecule has 3 rings (SSSR count). The van der Waals surface area contributed by atoms with Crippen molar-refractivity contribution >= 4 is 27.8 Å². The number of sulfonamides is 1. The molecule has 1 aliphatic rings. The van der Waals surface area contributed by atoms with E-state index in [1.165, 1.54) is 36.0 Å². The zero-order chi connectivity index (χ0) is 20.7. The summed E-state index contributed by atoms with van der Waals surface area (Å²) in [4.78, 5) is 11.7. The second kappa shape index (κ2) is 7.46. The van der Waals surface area contributed by atoms with E-state index >= 15 is 0 Å². The molecule has 1 heterocycles. The molecule has 0 aliphatic carbocycles. The highest BCUT2D eigenvalue weighted by Crippen LogP contribution is 2.38. The van der Waals surface area contributed by atoms with E-state index in [1.54, 1.807) is 13.8 Å². The van der Waals surface area contributed by atoms with Crippen LogP contribution in [0.15, 0.2) is 47.4 Å². The zero-order valence-electron chi connectivity index (χ0n) is 15.2. The van der Waals surface area contributed by atoms with E-state index in [0.29, 0.717) is 11.3 Å². The Labute approximate surface area is 166 Å². The molecule has 0 aromatic heterocycles. The van der Waals surface area contributed by atoms with Crippen LogP contribution in [-0.2, 0) is 14.8 Å². The Balaban J connectivity index is 1.97. The van der Waals surface area contributed by atoms with Crippen LogP contribution >= 0.6 is 11.8 Å². The standard InChI is InChI=1S/C19H19F2NO4S2/c1-19(2)17(18(23)24)22(7-8-27-19)28(25,26)16-5-3-12(4-6-16)13-9-14(20)11-15(21)10-13/h3-6,9-11,17H,7-8H2,1-2H3,(H,23,24). The summed E-state index contributed by atoms with van der Waals surface area (Å²) in [5.41, 5.74) is 0.724. The Hall–Kier alpha value is -1.97. The average Bonchev–Trinajstić information content (AvgIpc) is 2.59. The predicted molar refractivity (Wildman–Crippen MR) is 104 cm³/mol. The summed E-state index contributed by atoms with van der Waals surface area (Å²) in [7, 11) is -4.05. The third-order valence-corrected chi connectivity index (χ3v) is 7.86. The Morgan fingerprint density at radius 2 is 1.68 bits per heavy atom. The molecule has 9 heteroatoms. The Morgan fingerprint density at radius 1 is 1.11 bits per heavy atom. The molecule has 1 saturated heterocycles. The molecule has 2 aromatic carbocycles. The van der Waals surface area contributed by atoms with Crippen LogP contribution in [0, 0.1) is 11.6 Å². The normalized spacial score (nSPS) is 20.1. The third kappa shape index (κ3) is 3.92. The fourth-order valence-corrected chi connectivity index (χ4v) is 6.40. The first-order chi connectivity index (χ1) is 13.0. The van der Waals surface area contributed by atoms with Crippen molar-refractivity contribution in [3.05, 3.63) is 54.1 Å². The molecular weight excluding hydrogens is 408 g/mol. The second-order valence-electron chi connectivity index (χ2n) is 6.99. The Kier molecular flexibility index (Phi) is 5.53. The first kappa shape index (κ1) is 20.8. The monoisotopic (exact) mass is 427 g/mol. The summed E-state index contributed by atoms with van der Waals surface area (Å²) in [5, 5.41) is 9.61. The average molecular weight is 427 g/mol. The van der Waals surface area contributed by atoms with Gasteiger partial charge in [-0.25, -0.2) is 17.2 Å². The molecule has 0 radical (unpaired) electrons. The number of aliphatic carboxylic acids is 1. The highest BCUT2D eigenvalue weighted by molar-refractivity contribution is 8.00. The van der Waals surface area contributed by atoms with Gasteiger partial charge in [-0.3, -0.25) is 4.79 Å². The first-order valence-corrected chi connectivity index (χ1v) is 10.9. The van der Waals surface area contributed by atoms with Gasteiger partial charge in [-0.05, 0) is 49.2 Å². The molecule has 0 bridgehead atoms. The van der Waals surface area contributed by atoms with Crippen molar-refractivity contribution in [3.8, 4) is 11.1 Å². The van der Waals surface area contributed by atoms with Gasteiger partial charge in [0.25, 0.3) is 0 Å². The number of carboxylic acid groups (broad SMARTS) is 1. The summed E-state index contributed by atoms with van der Waals surface area (Å²) < 4.78 is 53.2. The van der Waals surface area contributed by atoms with E-state index < -0.39 is 38.4 Å². The molecule has 0 amide bonds. The summed E-state index contributed by atoms with van der Waals surface area (Å²) >= 11 is 1.42. The van der Waals surface area contributed by atoms with Crippen molar-refractivity contribution in [1.29, 1.82) is 0 Å². The molecule has 0 spiro atoms. The predicted octanol–water partition coefficient (Wildman–Crippen LogP) is 3.60. The molecule has 1 aliphatic heterocycles. The van der Waals surface area contributed by atoms with Crippen LogP contribution in [0.2, 0.25) is 0 Å². The van der Waals surface area contributed by atoms with Crippen LogP contribution in [0.1, 0.15) is 13.8 Å². The fourth-order valence-electron chi connectivity index (χ4n) is 3.31. The van der Waals surface area contributed by atoms with Gasteiger partial charge in [0.1, 0.15) is 17.7 Å². The molecule has 1 fully saturated rings. The van der Waals surface area contributed by atoms with Gasteiger partial charge in [-0.1, -0.05) is 12.1 Å². The highest BCUT2D eigenvalue weighted by atomic mass is 32.2. The summed E-state index contributed by atoms with van der Waals surface area (Å²) in [6.45, 7) is 3.50. The van der Waals surface area contributed by atoms with Crippen molar-refractivity contribution in [1.82, 2.24) is 4.31 Å². The highest BCUT2D eigenvalue weighted by Gasteiger charge is 2.48. The van der Waals surface area contributed by atoms with E-state index in [1.807, 2.05) is 0 Å². The maximum absolute atomic E-state index is 13.4. The topological polar surface area (TPSA) is 74.7 Å². The van der Waals surface area contributed by atoms with Gasteiger partial charge in [0.05, 0.1) is 4.90 Å². The minimum atomic E-state index is -4.05. The van der Waals surface area contributed by atoms with E-state index in [4.69, 9.17) is 0 Å². The number of carbonyl (C=O) groups is 1. The number of rotatable bonds is 4. The fraction of sp³-hybridized carbons (Fsp3) is 0.316. The van der Waals surface area contributed by atoms with Gasteiger partial charge >= 0.3 is 5.97 Å². The minimum absolute atomic E-state index is 0.0675. The summed E-state index contributed by atoms with van der Waals surface area (Å²) in [6, 6.07) is 7.39. The minimum Gasteiger partial charge on any atom is -0.480 e. The van der Waals surface area contributed by atoms with Gasteiger partial charge in [-0.2, -0.15) is 16.1 Å². The number of benzene rings is 2. The maximum Gasteiger partial charge on any atom is 0.323 e. The molecule has 1 unspecified atom stereocenters. The number of thioether (sulfide) groups is 1. The lowest BCUT2D eigenvalue weighted by molar-refractivity contribution is -0.142. The Bertz CT molecular complexity index is 987. The molecule has 1 atom stereocenters.